The summed E-state index contributed by atoms with van der Waals surface area (Å²) in [6.07, 6.45) is 1.45. The molecule has 0 bridgehead atoms. The minimum atomic E-state index is -0.142. The zero-order valence-corrected chi connectivity index (χ0v) is 12.2. The van der Waals surface area contributed by atoms with Gasteiger partial charge in [0.1, 0.15) is 5.82 Å². The normalized spacial score (nSPS) is 10.3. The Hall–Kier alpha value is -2.07. The number of halogens is 1. The summed E-state index contributed by atoms with van der Waals surface area (Å²) in [7, 11) is 0. The number of amides is 1. The maximum atomic E-state index is 12.6. The van der Waals surface area contributed by atoms with E-state index in [0.717, 1.165) is 11.3 Å². The van der Waals surface area contributed by atoms with Gasteiger partial charge in [0.15, 0.2) is 0 Å². The van der Waals surface area contributed by atoms with E-state index >= 15 is 0 Å². The van der Waals surface area contributed by atoms with E-state index in [4.69, 9.17) is 17.3 Å². The van der Waals surface area contributed by atoms with E-state index in [2.05, 4.69) is 4.98 Å². The molecule has 0 saturated heterocycles. The highest BCUT2D eigenvalue weighted by molar-refractivity contribution is 6.33. The first-order valence-electron chi connectivity index (χ1n) is 6.33. The lowest BCUT2D eigenvalue weighted by Gasteiger charge is -2.23. The topological polar surface area (TPSA) is 59.2 Å². The first-order chi connectivity index (χ1) is 9.54. The van der Waals surface area contributed by atoms with Crippen molar-refractivity contribution < 1.29 is 4.79 Å². The molecule has 1 aromatic carbocycles. The van der Waals surface area contributed by atoms with Crippen molar-refractivity contribution in [3.63, 3.8) is 0 Å². The van der Waals surface area contributed by atoms with Gasteiger partial charge in [-0.25, -0.2) is 4.98 Å². The fourth-order valence-electron chi connectivity index (χ4n) is 2.01. The standard InChI is InChI=1S/C15H16ClN3O/c1-3-19(13-7-5-4-6-10(13)2)15(20)11-8-12(16)14(17)18-9-11/h4-9H,3H2,1-2H3,(H2,17,18). The molecule has 2 N–H and O–H groups in total. The third kappa shape index (κ3) is 2.75. The van der Waals surface area contributed by atoms with Crippen LogP contribution in [-0.4, -0.2) is 17.4 Å². The Kier molecular flexibility index (Phi) is 4.25. The number of pyridine rings is 1. The van der Waals surface area contributed by atoms with Crippen LogP contribution < -0.4 is 10.6 Å². The molecule has 4 nitrogen and oxygen atoms in total. The first kappa shape index (κ1) is 14.3. The van der Waals surface area contributed by atoms with Gasteiger partial charge in [0.2, 0.25) is 0 Å². The van der Waals surface area contributed by atoms with Crippen molar-refractivity contribution in [2.45, 2.75) is 13.8 Å². The van der Waals surface area contributed by atoms with Crippen LogP contribution in [0, 0.1) is 6.92 Å². The van der Waals surface area contributed by atoms with Crippen LogP contribution in [0.3, 0.4) is 0 Å². The number of para-hydroxylation sites is 1. The van der Waals surface area contributed by atoms with Crippen molar-refractivity contribution in [2.75, 3.05) is 17.2 Å². The van der Waals surface area contributed by atoms with Crippen LogP contribution in [0.2, 0.25) is 5.02 Å². The third-order valence-corrected chi connectivity index (χ3v) is 3.39. The molecule has 0 spiro atoms. The van der Waals surface area contributed by atoms with E-state index in [1.807, 2.05) is 38.1 Å². The summed E-state index contributed by atoms with van der Waals surface area (Å²) in [5.41, 5.74) is 7.91. The smallest absolute Gasteiger partial charge is 0.259 e. The van der Waals surface area contributed by atoms with Gasteiger partial charge in [-0.2, -0.15) is 0 Å². The van der Waals surface area contributed by atoms with Crippen molar-refractivity contribution in [2.24, 2.45) is 0 Å². The number of hydrogen-bond donors (Lipinski definition) is 1. The number of nitrogens with two attached hydrogens (primary N) is 1. The molecule has 0 aliphatic rings. The van der Waals surface area contributed by atoms with Gasteiger partial charge < -0.3 is 10.6 Å². The average Bonchev–Trinajstić information content (AvgIpc) is 2.44. The largest absolute Gasteiger partial charge is 0.382 e. The molecule has 0 aliphatic heterocycles. The number of nitrogens with zero attached hydrogens (tertiary/aromatic N) is 2. The number of rotatable bonds is 3. The number of hydrogen-bond acceptors (Lipinski definition) is 3. The maximum Gasteiger partial charge on any atom is 0.259 e. The molecule has 0 atom stereocenters. The molecule has 0 fully saturated rings. The number of carbonyl (C=O) groups is 1. The van der Waals surface area contributed by atoms with E-state index in [9.17, 15) is 4.79 Å². The van der Waals surface area contributed by atoms with Crippen LogP contribution >= 0.6 is 11.6 Å². The fraction of sp³-hybridized carbons (Fsp3) is 0.200. The van der Waals surface area contributed by atoms with Gasteiger partial charge in [-0.3, -0.25) is 4.79 Å². The SMILES string of the molecule is CCN(C(=O)c1cnc(N)c(Cl)c1)c1ccccc1C. The Labute approximate surface area is 123 Å². The molecular formula is C15H16ClN3O. The van der Waals surface area contributed by atoms with Crippen molar-refractivity contribution in [1.29, 1.82) is 0 Å². The summed E-state index contributed by atoms with van der Waals surface area (Å²) in [5.74, 6) is 0.0818. The third-order valence-electron chi connectivity index (χ3n) is 3.08. The molecule has 20 heavy (non-hydrogen) atoms. The average molecular weight is 290 g/mol. The highest BCUT2D eigenvalue weighted by Gasteiger charge is 2.18. The number of aromatic nitrogens is 1. The van der Waals surface area contributed by atoms with Gasteiger partial charge in [0.25, 0.3) is 5.91 Å². The van der Waals surface area contributed by atoms with Crippen molar-refractivity contribution in [1.82, 2.24) is 4.98 Å². The minimum Gasteiger partial charge on any atom is -0.382 e. The molecule has 0 saturated carbocycles. The van der Waals surface area contributed by atoms with Gasteiger partial charge in [-0.1, -0.05) is 29.8 Å². The predicted molar refractivity (Wildman–Crippen MR) is 82.2 cm³/mol. The Morgan fingerprint density at radius 2 is 2.10 bits per heavy atom. The lowest BCUT2D eigenvalue weighted by molar-refractivity contribution is 0.0988. The zero-order chi connectivity index (χ0) is 14.7. The van der Waals surface area contributed by atoms with Gasteiger partial charge >= 0.3 is 0 Å². The number of nitrogen functional groups attached to an aromatic ring is 1. The summed E-state index contributed by atoms with van der Waals surface area (Å²) in [6, 6.07) is 9.29. The van der Waals surface area contributed by atoms with Crippen molar-refractivity contribution >= 4 is 29.0 Å². The van der Waals surface area contributed by atoms with Crippen LogP contribution in [0.5, 0.6) is 0 Å². The zero-order valence-electron chi connectivity index (χ0n) is 11.4. The van der Waals surface area contributed by atoms with Crippen LogP contribution in [0.15, 0.2) is 36.5 Å². The van der Waals surface area contributed by atoms with E-state index in [-0.39, 0.29) is 16.7 Å². The lowest BCUT2D eigenvalue weighted by atomic mass is 10.1. The van der Waals surface area contributed by atoms with Gasteiger partial charge in [0.05, 0.1) is 10.6 Å². The second kappa shape index (κ2) is 5.92. The highest BCUT2D eigenvalue weighted by atomic mass is 35.5. The van der Waals surface area contributed by atoms with Gasteiger partial charge in [-0.05, 0) is 31.5 Å². The van der Waals surface area contributed by atoms with Gasteiger partial charge in [0, 0.05) is 18.4 Å². The Morgan fingerprint density at radius 1 is 1.40 bits per heavy atom. The monoisotopic (exact) mass is 289 g/mol. The molecule has 2 rings (SSSR count). The summed E-state index contributed by atoms with van der Waals surface area (Å²) in [6.45, 7) is 4.46. The predicted octanol–water partition coefficient (Wildman–Crippen LogP) is 3.29. The van der Waals surface area contributed by atoms with Crippen LogP contribution in [0.4, 0.5) is 11.5 Å². The van der Waals surface area contributed by atoms with Crippen LogP contribution in [-0.2, 0) is 0 Å². The lowest BCUT2D eigenvalue weighted by Crippen LogP contribution is -2.31. The quantitative estimate of drug-likeness (QED) is 0.943. The second-order valence-electron chi connectivity index (χ2n) is 4.43. The van der Waals surface area contributed by atoms with Crippen molar-refractivity contribution in [3.8, 4) is 0 Å². The van der Waals surface area contributed by atoms with E-state index in [0.29, 0.717) is 12.1 Å². The Balaban J connectivity index is 2.39. The first-order valence-corrected chi connectivity index (χ1v) is 6.71. The van der Waals surface area contributed by atoms with E-state index in [1.54, 1.807) is 11.0 Å². The highest BCUT2D eigenvalue weighted by Crippen LogP contribution is 2.23. The van der Waals surface area contributed by atoms with Crippen LogP contribution in [0.25, 0.3) is 0 Å². The Morgan fingerprint density at radius 3 is 2.70 bits per heavy atom. The molecule has 5 heteroatoms. The summed E-state index contributed by atoms with van der Waals surface area (Å²) in [4.78, 5) is 18.2. The second-order valence-corrected chi connectivity index (χ2v) is 4.83. The van der Waals surface area contributed by atoms with Gasteiger partial charge in [-0.15, -0.1) is 0 Å². The fourth-order valence-corrected chi connectivity index (χ4v) is 2.18. The van der Waals surface area contributed by atoms with Crippen LogP contribution in [0.1, 0.15) is 22.8 Å². The Bertz CT molecular complexity index is 643. The summed E-state index contributed by atoms with van der Waals surface area (Å²) >= 11 is 5.92. The molecule has 1 amide bonds. The molecule has 2 aromatic rings. The van der Waals surface area contributed by atoms with Crippen molar-refractivity contribution in [3.05, 3.63) is 52.7 Å². The maximum absolute atomic E-state index is 12.6. The molecular weight excluding hydrogens is 274 g/mol. The van der Waals surface area contributed by atoms with E-state index in [1.165, 1.54) is 6.20 Å². The molecule has 1 aromatic heterocycles. The molecule has 0 unspecified atom stereocenters. The number of aryl methyl sites for hydroxylation is 1. The number of anilines is 2. The molecule has 0 aliphatic carbocycles. The minimum absolute atomic E-state index is 0.142. The summed E-state index contributed by atoms with van der Waals surface area (Å²) in [5, 5.41) is 0.289. The molecule has 1 heterocycles. The number of carbonyl (C=O) groups excluding carboxylic acids is 1. The molecule has 104 valence electrons. The van der Waals surface area contributed by atoms with E-state index < -0.39 is 0 Å². The molecule has 0 radical (unpaired) electrons. The summed E-state index contributed by atoms with van der Waals surface area (Å²) < 4.78 is 0. The number of benzene rings is 1.